The Labute approximate surface area is 168 Å². The maximum Gasteiger partial charge on any atom is 0.0292 e. The van der Waals surface area contributed by atoms with Gasteiger partial charge in [-0.05, 0) is 72.9 Å². The highest BCUT2D eigenvalue weighted by Crippen LogP contribution is 2.45. The molecular formula is C26H19Br. The summed E-state index contributed by atoms with van der Waals surface area (Å²) in [6.45, 7) is 0. The van der Waals surface area contributed by atoms with Crippen molar-refractivity contribution in [1.82, 2.24) is 0 Å². The molecule has 4 aromatic rings. The summed E-state index contributed by atoms with van der Waals surface area (Å²) < 4.78 is 1.25. The minimum Gasteiger partial charge on any atom is -0.0836 e. The van der Waals surface area contributed by atoms with Crippen molar-refractivity contribution in [3.05, 3.63) is 101 Å². The van der Waals surface area contributed by atoms with Gasteiger partial charge in [-0.15, -0.1) is 0 Å². The summed E-state index contributed by atoms with van der Waals surface area (Å²) in [7, 11) is 0. The number of hydrogen-bond acceptors (Lipinski definition) is 0. The monoisotopic (exact) mass is 410 g/mol. The summed E-state index contributed by atoms with van der Waals surface area (Å²) in [5.74, 6) is 0. The minimum absolute atomic E-state index is 1.08. The van der Waals surface area contributed by atoms with Gasteiger partial charge in [0.15, 0.2) is 0 Å². The van der Waals surface area contributed by atoms with E-state index in [1.807, 2.05) is 0 Å². The second kappa shape index (κ2) is 6.83. The standard InChI is InChI=1S/C26H19Br/c27-26-23-16-8-6-14-21(23)25(22-15-7-9-17-24(22)26)20-13-5-4-12-19(20)18-10-2-1-3-11-18/h1-8,10-16H,9,17H2. The van der Waals surface area contributed by atoms with Gasteiger partial charge in [-0.2, -0.15) is 0 Å². The highest BCUT2D eigenvalue weighted by molar-refractivity contribution is 9.10. The van der Waals surface area contributed by atoms with E-state index in [0.29, 0.717) is 0 Å². The molecule has 4 aromatic carbocycles. The average Bonchev–Trinajstić information content (AvgIpc) is 2.75. The number of benzene rings is 4. The molecule has 0 N–H and O–H groups in total. The maximum atomic E-state index is 3.90. The van der Waals surface area contributed by atoms with Crippen LogP contribution >= 0.6 is 15.9 Å². The van der Waals surface area contributed by atoms with Gasteiger partial charge in [0.25, 0.3) is 0 Å². The molecule has 1 heteroatoms. The SMILES string of the molecule is Brc1c2c(c(-c3ccccc3-c3ccccc3)c3ccccc13)C=CCC2. The zero-order chi connectivity index (χ0) is 18.2. The third-order valence-corrected chi connectivity index (χ3v) is 6.32. The summed E-state index contributed by atoms with van der Waals surface area (Å²) in [5, 5.41) is 2.60. The quantitative estimate of drug-likeness (QED) is 0.315. The van der Waals surface area contributed by atoms with Crippen molar-refractivity contribution in [2.24, 2.45) is 0 Å². The molecule has 0 unspecified atom stereocenters. The van der Waals surface area contributed by atoms with Crippen LogP contribution in [0.1, 0.15) is 17.5 Å². The molecule has 0 amide bonds. The maximum absolute atomic E-state index is 3.90. The Bertz CT molecular complexity index is 1170. The molecule has 130 valence electrons. The fourth-order valence-corrected chi connectivity index (χ4v) is 4.94. The van der Waals surface area contributed by atoms with Crippen LogP contribution in [-0.4, -0.2) is 0 Å². The Balaban J connectivity index is 1.91. The molecule has 0 spiro atoms. The highest BCUT2D eigenvalue weighted by atomic mass is 79.9. The van der Waals surface area contributed by atoms with E-state index >= 15 is 0 Å². The molecule has 1 aliphatic carbocycles. The number of allylic oxidation sites excluding steroid dienone is 1. The lowest BCUT2D eigenvalue weighted by molar-refractivity contribution is 0.983. The first kappa shape index (κ1) is 16.5. The van der Waals surface area contributed by atoms with Crippen molar-refractivity contribution in [3.8, 4) is 22.3 Å². The Morgan fingerprint density at radius 3 is 2.15 bits per heavy atom. The molecule has 5 rings (SSSR count). The Morgan fingerprint density at radius 1 is 0.667 bits per heavy atom. The molecule has 1 aliphatic rings. The summed E-state index contributed by atoms with van der Waals surface area (Å²) >= 11 is 3.90. The number of fused-ring (bicyclic) bond motifs is 2. The van der Waals surface area contributed by atoms with Crippen molar-refractivity contribution in [2.45, 2.75) is 12.8 Å². The van der Waals surface area contributed by atoms with Crippen molar-refractivity contribution in [1.29, 1.82) is 0 Å². The van der Waals surface area contributed by atoms with Gasteiger partial charge in [0.05, 0.1) is 0 Å². The predicted octanol–water partition coefficient (Wildman–Crippen LogP) is 7.90. The number of rotatable bonds is 2. The van der Waals surface area contributed by atoms with Crippen LogP contribution in [0.2, 0.25) is 0 Å². The molecule has 0 atom stereocenters. The molecule has 0 bridgehead atoms. The summed E-state index contributed by atoms with van der Waals surface area (Å²) in [6.07, 6.45) is 6.80. The molecule has 0 saturated carbocycles. The molecule has 0 heterocycles. The molecule has 0 aliphatic heterocycles. The molecular weight excluding hydrogens is 392 g/mol. The van der Waals surface area contributed by atoms with Gasteiger partial charge in [0.2, 0.25) is 0 Å². The van der Waals surface area contributed by atoms with E-state index in [2.05, 4.69) is 107 Å². The first-order valence-electron chi connectivity index (χ1n) is 9.39. The highest BCUT2D eigenvalue weighted by Gasteiger charge is 2.20. The van der Waals surface area contributed by atoms with Gasteiger partial charge in [-0.3, -0.25) is 0 Å². The van der Waals surface area contributed by atoms with Crippen molar-refractivity contribution < 1.29 is 0 Å². The van der Waals surface area contributed by atoms with E-state index in [9.17, 15) is 0 Å². The minimum atomic E-state index is 1.08. The fraction of sp³-hybridized carbons (Fsp3) is 0.0769. The van der Waals surface area contributed by atoms with E-state index < -0.39 is 0 Å². The molecule has 0 nitrogen and oxygen atoms in total. The topological polar surface area (TPSA) is 0 Å². The second-order valence-electron chi connectivity index (χ2n) is 6.98. The molecule has 0 radical (unpaired) electrons. The fourth-order valence-electron chi connectivity index (χ4n) is 4.19. The second-order valence-corrected chi connectivity index (χ2v) is 7.77. The van der Waals surface area contributed by atoms with E-state index in [0.717, 1.165) is 12.8 Å². The van der Waals surface area contributed by atoms with Crippen LogP contribution in [0, 0.1) is 0 Å². The molecule has 0 fully saturated rings. The van der Waals surface area contributed by atoms with Gasteiger partial charge in [-0.25, -0.2) is 0 Å². The van der Waals surface area contributed by atoms with Gasteiger partial charge < -0.3 is 0 Å². The van der Waals surface area contributed by atoms with Crippen LogP contribution in [0.15, 0.2) is 89.4 Å². The predicted molar refractivity (Wildman–Crippen MR) is 120 cm³/mol. The Kier molecular flexibility index (Phi) is 4.18. The van der Waals surface area contributed by atoms with Crippen LogP contribution in [0.3, 0.4) is 0 Å². The average molecular weight is 411 g/mol. The van der Waals surface area contributed by atoms with Crippen LogP contribution < -0.4 is 0 Å². The number of hydrogen-bond donors (Lipinski definition) is 0. The summed E-state index contributed by atoms with van der Waals surface area (Å²) in [5.41, 5.74) is 7.97. The lowest BCUT2D eigenvalue weighted by atomic mass is 9.83. The van der Waals surface area contributed by atoms with Crippen molar-refractivity contribution >= 4 is 32.8 Å². The third kappa shape index (κ3) is 2.74. The van der Waals surface area contributed by atoms with Gasteiger partial charge in [0.1, 0.15) is 0 Å². The van der Waals surface area contributed by atoms with Gasteiger partial charge in [0, 0.05) is 4.47 Å². The lowest BCUT2D eigenvalue weighted by Crippen LogP contribution is -2.01. The van der Waals surface area contributed by atoms with E-state index in [-0.39, 0.29) is 0 Å². The van der Waals surface area contributed by atoms with E-state index in [1.165, 1.54) is 48.6 Å². The largest absolute Gasteiger partial charge is 0.0836 e. The van der Waals surface area contributed by atoms with Crippen LogP contribution in [0.25, 0.3) is 39.1 Å². The smallest absolute Gasteiger partial charge is 0.0292 e. The Morgan fingerprint density at radius 2 is 1.33 bits per heavy atom. The molecule has 0 saturated heterocycles. The third-order valence-electron chi connectivity index (χ3n) is 5.42. The Hall–Kier alpha value is -2.64. The molecule has 27 heavy (non-hydrogen) atoms. The first-order chi connectivity index (χ1) is 13.3. The zero-order valence-corrected chi connectivity index (χ0v) is 16.5. The van der Waals surface area contributed by atoms with E-state index in [1.54, 1.807) is 0 Å². The summed E-state index contributed by atoms with van der Waals surface area (Å²) in [4.78, 5) is 0. The van der Waals surface area contributed by atoms with Crippen LogP contribution in [0.4, 0.5) is 0 Å². The summed E-state index contributed by atoms with van der Waals surface area (Å²) in [6, 6.07) is 28.2. The van der Waals surface area contributed by atoms with Gasteiger partial charge in [-0.1, -0.05) is 91.0 Å². The van der Waals surface area contributed by atoms with Crippen molar-refractivity contribution in [2.75, 3.05) is 0 Å². The van der Waals surface area contributed by atoms with Crippen LogP contribution in [0.5, 0.6) is 0 Å². The first-order valence-corrected chi connectivity index (χ1v) is 10.2. The molecule has 0 aromatic heterocycles. The van der Waals surface area contributed by atoms with E-state index in [4.69, 9.17) is 0 Å². The zero-order valence-electron chi connectivity index (χ0n) is 15.0. The van der Waals surface area contributed by atoms with Gasteiger partial charge >= 0.3 is 0 Å². The normalized spacial score (nSPS) is 12.9. The lowest BCUT2D eigenvalue weighted by Gasteiger charge is -2.22. The number of halogens is 1. The van der Waals surface area contributed by atoms with Crippen molar-refractivity contribution in [3.63, 3.8) is 0 Å². The van der Waals surface area contributed by atoms with Crippen LogP contribution in [-0.2, 0) is 6.42 Å².